The molecule has 0 aromatic carbocycles. The molecule has 0 radical (unpaired) electrons. The molecule has 0 N–H and O–H groups in total. The number of ether oxygens (including phenoxy) is 4. The molecule has 0 aromatic rings. The Morgan fingerprint density at radius 1 is 0.692 bits per heavy atom. The summed E-state index contributed by atoms with van der Waals surface area (Å²) < 4.78 is 22.1. The van der Waals surface area contributed by atoms with Crippen LogP contribution in [0.15, 0.2) is 0 Å². The zero-order valence-electron chi connectivity index (χ0n) is 16.9. The first-order chi connectivity index (χ1) is 12.5. The van der Waals surface area contributed by atoms with Gasteiger partial charge in [-0.15, -0.1) is 0 Å². The van der Waals surface area contributed by atoms with Gasteiger partial charge < -0.3 is 18.9 Å². The van der Waals surface area contributed by atoms with Crippen molar-refractivity contribution in [2.45, 2.75) is 96.9 Å². The molecule has 0 spiro atoms. The second-order valence-electron chi connectivity index (χ2n) is 6.64. The zero-order valence-corrected chi connectivity index (χ0v) is 16.9. The van der Waals surface area contributed by atoms with E-state index in [1.54, 1.807) is 20.8 Å². The Kier molecular flexibility index (Phi) is 10.4. The number of esters is 2. The van der Waals surface area contributed by atoms with E-state index in [1.807, 2.05) is 0 Å². The molecule has 26 heavy (non-hydrogen) atoms. The van der Waals surface area contributed by atoms with E-state index >= 15 is 0 Å². The minimum absolute atomic E-state index is 0.217. The average Bonchev–Trinajstić information content (AvgIpc) is 2.80. The monoisotopic (exact) mass is 372 g/mol. The molecule has 152 valence electrons. The SMILES string of the molecule is CCCCCCCCCCC1(OCC)C(=O)OC(=O)C1(OCC)OCC. The highest BCUT2D eigenvalue weighted by Crippen LogP contribution is 2.43. The molecule has 6 nitrogen and oxygen atoms in total. The highest BCUT2D eigenvalue weighted by molar-refractivity contribution is 6.04. The molecule has 1 saturated heterocycles. The predicted octanol–water partition coefficient (Wildman–Crippen LogP) is 4.15. The molecule has 1 unspecified atom stereocenters. The molecule has 0 aromatic heterocycles. The number of hydrogen-bond donors (Lipinski definition) is 0. The summed E-state index contributed by atoms with van der Waals surface area (Å²) in [7, 11) is 0. The van der Waals surface area contributed by atoms with Crippen molar-refractivity contribution in [3.63, 3.8) is 0 Å². The van der Waals surface area contributed by atoms with Gasteiger partial charge in [0.2, 0.25) is 5.60 Å². The Balaban J connectivity index is 2.77. The Labute approximate surface area is 157 Å². The lowest BCUT2D eigenvalue weighted by atomic mass is 9.87. The summed E-state index contributed by atoms with van der Waals surface area (Å²) in [6, 6.07) is 0. The van der Waals surface area contributed by atoms with E-state index < -0.39 is 23.3 Å². The van der Waals surface area contributed by atoms with Crippen LogP contribution in [0.4, 0.5) is 0 Å². The summed E-state index contributed by atoms with van der Waals surface area (Å²) in [5.41, 5.74) is -1.52. The van der Waals surface area contributed by atoms with Gasteiger partial charge >= 0.3 is 17.7 Å². The third-order valence-electron chi connectivity index (χ3n) is 4.78. The van der Waals surface area contributed by atoms with E-state index in [-0.39, 0.29) is 19.8 Å². The lowest BCUT2D eigenvalue weighted by molar-refractivity contribution is -0.292. The van der Waals surface area contributed by atoms with Crippen LogP contribution >= 0.6 is 0 Å². The standard InChI is InChI=1S/C20H36O6/c1-5-9-10-11-12-13-14-15-16-19(23-6-2)17(21)26-18(22)20(19,24-7-3)25-8-4/h5-16H2,1-4H3. The van der Waals surface area contributed by atoms with Gasteiger partial charge in [-0.25, -0.2) is 9.59 Å². The van der Waals surface area contributed by atoms with Crippen molar-refractivity contribution >= 4 is 11.9 Å². The van der Waals surface area contributed by atoms with Gasteiger partial charge in [0.15, 0.2) is 0 Å². The maximum atomic E-state index is 12.6. The first-order valence-corrected chi connectivity index (χ1v) is 10.2. The van der Waals surface area contributed by atoms with E-state index in [0.29, 0.717) is 6.42 Å². The van der Waals surface area contributed by atoms with Gasteiger partial charge in [-0.05, 0) is 33.6 Å². The molecule has 0 saturated carbocycles. The van der Waals surface area contributed by atoms with Crippen LogP contribution < -0.4 is 0 Å². The van der Waals surface area contributed by atoms with Crippen LogP contribution in [0.1, 0.15) is 85.5 Å². The molecule has 1 atom stereocenters. The van der Waals surface area contributed by atoms with Crippen molar-refractivity contribution < 1.29 is 28.5 Å². The van der Waals surface area contributed by atoms with E-state index in [9.17, 15) is 9.59 Å². The lowest BCUT2D eigenvalue weighted by Crippen LogP contribution is -2.61. The molecule has 1 aliphatic rings. The number of carbonyl (C=O) groups is 2. The summed E-state index contributed by atoms with van der Waals surface area (Å²) in [6.45, 7) is 8.20. The number of carbonyl (C=O) groups excluding carboxylic acids is 2. The van der Waals surface area contributed by atoms with E-state index in [0.717, 1.165) is 19.3 Å². The number of rotatable bonds is 15. The van der Waals surface area contributed by atoms with E-state index in [1.165, 1.54) is 32.1 Å². The minimum Gasteiger partial charge on any atom is -0.387 e. The van der Waals surface area contributed by atoms with Gasteiger partial charge in [0, 0.05) is 19.8 Å². The number of hydrogen-bond acceptors (Lipinski definition) is 6. The predicted molar refractivity (Wildman–Crippen MR) is 98.7 cm³/mol. The van der Waals surface area contributed by atoms with Crippen molar-refractivity contribution in [3.05, 3.63) is 0 Å². The molecule has 1 heterocycles. The smallest absolute Gasteiger partial charge is 0.378 e. The first kappa shape index (κ1) is 23.1. The van der Waals surface area contributed by atoms with Gasteiger partial charge in [-0.3, -0.25) is 0 Å². The van der Waals surface area contributed by atoms with Crippen LogP contribution in [0, 0.1) is 0 Å². The van der Waals surface area contributed by atoms with Crippen molar-refractivity contribution in [3.8, 4) is 0 Å². The highest BCUT2D eigenvalue weighted by atomic mass is 16.8. The molecule has 6 heteroatoms. The van der Waals surface area contributed by atoms with Crippen LogP contribution in [-0.4, -0.2) is 43.1 Å². The van der Waals surface area contributed by atoms with Gasteiger partial charge in [0.25, 0.3) is 0 Å². The van der Waals surface area contributed by atoms with Crippen LogP contribution in [-0.2, 0) is 28.5 Å². The average molecular weight is 373 g/mol. The largest absolute Gasteiger partial charge is 0.387 e. The Morgan fingerprint density at radius 3 is 1.69 bits per heavy atom. The quantitative estimate of drug-likeness (QED) is 0.186. The van der Waals surface area contributed by atoms with Gasteiger partial charge in [0.05, 0.1) is 0 Å². The van der Waals surface area contributed by atoms with Crippen molar-refractivity contribution in [1.82, 2.24) is 0 Å². The maximum Gasteiger partial charge on any atom is 0.378 e. The Morgan fingerprint density at radius 2 is 1.19 bits per heavy atom. The van der Waals surface area contributed by atoms with Crippen LogP contribution in [0.3, 0.4) is 0 Å². The highest BCUT2D eigenvalue weighted by Gasteiger charge is 2.72. The second kappa shape index (κ2) is 11.7. The van der Waals surface area contributed by atoms with Crippen LogP contribution in [0.25, 0.3) is 0 Å². The number of unbranched alkanes of at least 4 members (excludes halogenated alkanes) is 7. The molecule has 1 fully saturated rings. The summed E-state index contributed by atoms with van der Waals surface area (Å²) in [4.78, 5) is 25.0. The third kappa shape index (κ3) is 5.05. The van der Waals surface area contributed by atoms with Gasteiger partial charge in [0.1, 0.15) is 0 Å². The van der Waals surface area contributed by atoms with Crippen molar-refractivity contribution in [1.29, 1.82) is 0 Å². The first-order valence-electron chi connectivity index (χ1n) is 10.2. The van der Waals surface area contributed by atoms with Gasteiger partial charge in [-0.2, -0.15) is 0 Å². The summed E-state index contributed by atoms with van der Waals surface area (Å²) in [6.07, 6.45) is 9.40. The molecular weight excluding hydrogens is 336 g/mol. The van der Waals surface area contributed by atoms with Crippen molar-refractivity contribution in [2.75, 3.05) is 19.8 Å². The number of cyclic esters (lactones) is 2. The normalized spacial score (nSPS) is 22.0. The Bertz CT molecular complexity index is 430. The topological polar surface area (TPSA) is 71.1 Å². The second-order valence-corrected chi connectivity index (χ2v) is 6.64. The molecule has 0 aliphatic carbocycles. The maximum absolute atomic E-state index is 12.6. The fourth-order valence-electron chi connectivity index (χ4n) is 3.58. The minimum atomic E-state index is -1.80. The fourth-order valence-corrected chi connectivity index (χ4v) is 3.58. The van der Waals surface area contributed by atoms with E-state index in [4.69, 9.17) is 18.9 Å². The van der Waals surface area contributed by atoms with E-state index in [2.05, 4.69) is 6.92 Å². The molecule has 1 aliphatic heterocycles. The third-order valence-corrected chi connectivity index (χ3v) is 4.78. The molecular formula is C20H36O6. The lowest BCUT2D eigenvalue weighted by Gasteiger charge is -2.38. The fraction of sp³-hybridized carbons (Fsp3) is 0.900. The molecule has 0 amide bonds. The van der Waals surface area contributed by atoms with Gasteiger partial charge in [-0.1, -0.05) is 51.9 Å². The summed E-state index contributed by atoms with van der Waals surface area (Å²) >= 11 is 0. The van der Waals surface area contributed by atoms with Crippen molar-refractivity contribution in [2.24, 2.45) is 0 Å². The van der Waals surface area contributed by atoms with Crippen LogP contribution in [0.5, 0.6) is 0 Å². The summed E-state index contributed by atoms with van der Waals surface area (Å²) in [5, 5.41) is 0. The molecule has 0 bridgehead atoms. The zero-order chi connectivity index (χ0) is 19.5. The summed E-state index contributed by atoms with van der Waals surface area (Å²) in [5.74, 6) is -3.31. The molecule has 1 rings (SSSR count). The van der Waals surface area contributed by atoms with Crippen LogP contribution in [0.2, 0.25) is 0 Å². The Hall–Kier alpha value is -0.980.